The van der Waals surface area contributed by atoms with Crippen molar-refractivity contribution in [1.82, 2.24) is 4.98 Å². The minimum Gasteiger partial charge on any atom is -0.482 e. The molecule has 0 radical (unpaired) electrons. The number of hydrogen-bond donors (Lipinski definition) is 0. The van der Waals surface area contributed by atoms with E-state index in [-0.39, 0.29) is 12.5 Å². The Labute approximate surface area is 154 Å². The van der Waals surface area contributed by atoms with E-state index in [1.165, 1.54) is 0 Å². The lowest BCUT2D eigenvalue weighted by Crippen LogP contribution is -2.38. The van der Waals surface area contributed by atoms with Crippen LogP contribution in [0.3, 0.4) is 0 Å². The lowest BCUT2D eigenvalue weighted by Gasteiger charge is -2.29. The highest BCUT2D eigenvalue weighted by Gasteiger charge is 2.26. The van der Waals surface area contributed by atoms with Crippen LogP contribution in [0.4, 0.5) is 5.69 Å². The van der Waals surface area contributed by atoms with Gasteiger partial charge in [0.1, 0.15) is 17.0 Å². The molecule has 130 valence electrons. The van der Waals surface area contributed by atoms with E-state index in [1.807, 2.05) is 12.3 Å². The molecular formula is C20H16N2O3S. The van der Waals surface area contributed by atoms with Gasteiger partial charge in [0.2, 0.25) is 0 Å². The minimum atomic E-state index is -0.127. The van der Waals surface area contributed by atoms with Crippen LogP contribution in [-0.4, -0.2) is 23.8 Å². The Kier molecular flexibility index (Phi) is 4.26. The summed E-state index contributed by atoms with van der Waals surface area (Å²) < 4.78 is 5.49. The number of anilines is 1. The molecular weight excluding hydrogens is 348 g/mol. The summed E-state index contributed by atoms with van der Waals surface area (Å²) in [6.07, 6.45) is 2.55. The average Bonchev–Trinajstić information content (AvgIpc) is 3.18. The number of nitrogens with zero attached hydrogens (tertiary/aromatic N) is 2. The summed E-state index contributed by atoms with van der Waals surface area (Å²) in [4.78, 5) is 29.6. The standard InChI is InChI=1S/C20H16N2O3S/c1-13-6-15(8-16(7-13)20-21-4-5-26-20)10-22-17-9-14(11-23)2-3-18(17)25-12-19(22)24/h2-9,11H,10,12H2,1H3. The number of ether oxygens (including phenoxy) is 1. The van der Waals surface area contributed by atoms with Crippen molar-refractivity contribution >= 4 is 29.2 Å². The van der Waals surface area contributed by atoms with Gasteiger partial charge >= 0.3 is 0 Å². The molecule has 0 atom stereocenters. The number of carbonyl (C=O) groups excluding carboxylic acids is 2. The molecule has 2 heterocycles. The second kappa shape index (κ2) is 6.72. The molecule has 26 heavy (non-hydrogen) atoms. The maximum Gasteiger partial charge on any atom is 0.265 e. The van der Waals surface area contributed by atoms with Crippen molar-refractivity contribution < 1.29 is 14.3 Å². The maximum atomic E-state index is 12.5. The Balaban J connectivity index is 1.71. The largest absolute Gasteiger partial charge is 0.482 e. The number of benzene rings is 2. The smallest absolute Gasteiger partial charge is 0.265 e. The zero-order chi connectivity index (χ0) is 18.1. The SMILES string of the molecule is Cc1cc(CN2C(=O)COc3ccc(C=O)cc32)cc(-c2nccs2)c1. The van der Waals surface area contributed by atoms with Crippen LogP contribution in [0.15, 0.2) is 48.0 Å². The van der Waals surface area contributed by atoms with Gasteiger partial charge in [0, 0.05) is 22.7 Å². The number of amides is 1. The quantitative estimate of drug-likeness (QED) is 0.660. The van der Waals surface area contributed by atoms with Crippen molar-refractivity contribution in [2.24, 2.45) is 0 Å². The summed E-state index contributed by atoms with van der Waals surface area (Å²) in [5.41, 5.74) is 4.30. The van der Waals surface area contributed by atoms with Gasteiger partial charge in [-0.15, -0.1) is 11.3 Å². The molecule has 1 aliphatic heterocycles. The zero-order valence-corrected chi connectivity index (χ0v) is 15.0. The van der Waals surface area contributed by atoms with Gasteiger partial charge in [0.15, 0.2) is 6.61 Å². The van der Waals surface area contributed by atoms with Crippen molar-refractivity contribution in [2.45, 2.75) is 13.5 Å². The van der Waals surface area contributed by atoms with E-state index in [2.05, 4.69) is 23.2 Å². The summed E-state index contributed by atoms with van der Waals surface area (Å²) in [6.45, 7) is 2.44. The monoisotopic (exact) mass is 364 g/mol. The molecule has 1 aliphatic rings. The highest BCUT2D eigenvalue weighted by molar-refractivity contribution is 7.13. The Morgan fingerprint density at radius 1 is 1.27 bits per heavy atom. The Bertz CT molecular complexity index is 983. The Morgan fingerprint density at radius 3 is 2.92 bits per heavy atom. The van der Waals surface area contributed by atoms with Gasteiger partial charge < -0.3 is 9.64 Å². The van der Waals surface area contributed by atoms with Gasteiger partial charge in [-0.2, -0.15) is 0 Å². The first kappa shape index (κ1) is 16.5. The fourth-order valence-corrected chi connectivity index (χ4v) is 3.72. The number of aromatic nitrogens is 1. The molecule has 0 fully saturated rings. The number of hydrogen-bond acceptors (Lipinski definition) is 5. The van der Waals surface area contributed by atoms with E-state index < -0.39 is 0 Å². The number of aldehydes is 1. The van der Waals surface area contributed by atoms with Crippen LogP contribution in [0.5, 0.6) is 5.75 Å². The number of rotatable bonds is 4. The first-order valence-electron chi connectivity index (χ1n) is 8.17. The summed E-state index contributed by atoms with van der Waals surface area (Å²) in [7, 11) is 0. The van der Waals surface area contributed by atoms with E-state index in [9.17, 15) is 9.59 Å². The van der Waals surface area contributed by atoms with Crippen LogP contribution >= 0.6 is 11.3 Å². The maximum absolute atomic E-state index is 12.5. The summed E-state index contributed by atoms with van der Waals surface area (Å²) >= 11 is 1.58. The first-order valence-corrected chi connectivity index (χ1v) is 9.05. The highest BCUT2D eigenvalue weighted by atomic mass is 32.1. The van der Waals surface area contributed by atoms with Gasteiger partial charge in [-0.1, -0.05) is 11.6 Å². The molecule has 1 aromatic heterocycles. The number of aryl methyl sites for hydroxylation is 1. The molecule has 0 N–H and O–H groups in total. The number of thiazole rings is 1. The van der Waals surface area contributed by atoms with Gasteiger partial charge in [-0.3, -0.25) is 9.59 Å². The van der Waals surface area contributed by atoms with Crippen LogP contribution in [0.25, 0.3) is 10.6 Å². The van der Waals surface area contributed by atoms with E-state index in [0.29, 0.717) is 23.5 Å². The molecule has 1 amide bonds. The van der Waals surface area contributed by atoms with Crippen LogP contribution in [0.1, 0.15) is 21.5 Å². The third kappa shape index (κ3) is 3.11. The zero-order valence-electron chi connectivity index (χ0n) is 14.1. The molecule has 5 nitrogen and oxygen atoms in total. The molecule has 4 rings (SSSR count). The summed E-state index contributed by atoms with van der Waals surface area (Å²) in [5, 5.41) is 2.90. The second-order valence-corrected chi connectivity index (χ2v) is 7.05. The van der Waals surface area contributed by atoms with Crippen molar-refractivity contribution in [3.8, 4) is 16.3 Å². The lowest BCUT2D eigenvalue weighted by molar-refractivity contribution is -0.121. The molecule has 0 spiro atoms. The average molecular weight is 364 g/mol. The normalized spacial score (nSPS) is 13.3. The van der Waals surface area contributed by atoms with E-state index in [0.717, 1.165) is 28.0 Å². The second-order valence-electron chi connectivity index (χ2n) is 6.16. The van der Waals surface area contributed by atoms with Crippen LogP contribution in [-0.2, 0) is 11.3 Å². The highest BCUT2D eigenvalue weighted by Crippen LogP contribution is 2.34. The van der Waals surface area contributed by atoms with Crippen molar-refractivity contribution in [3.63, 3.8) is 0 Å². The first-order chi connectivity index (χ1) is 12.6. The van der Waals surface area contributed by atoms with E-state index in [1.54, 1.807) is 40.6 Å². The topological polar surface area (TPSA) is 59.5 Å². The van der Waals surface area contributed by atoms with Crippen molar-refractivity contribution in [3.05, 3.63) is 64.7 Å². The fourth-order valence-electron chi connectivity index (χ4n) is 3.09. The van der Waals surface area contributed by atoms with Gasteiger partial charge in [0.05, 0.1) is 12.2 Å². The summed E-state index contributed by atoms with van der Waals surface area (Å²) in [6, 6.07) is 11.3. The van der Waals surface area contributed by atoms with Gasteiger partial charge in [-0.05, 0) is 42.8 Å². The Hall–Kier alpha value is -2.99. The molecule has 0 aliphatic carbocycles. The van der Waals surface area contributed by atoms with Gasteiger partial charge in [-0.25, -0.2) is 4.98 Å². The molecule has 2 aromatic carbocycles. The molecule has 6 heteroatoms. The lowest BCUT2D eigenvalue weighted by atomic mass is 10.1. The van der Waals surface area contributed by atoms with Crippen molar-refractivity contribution in [2.75, 3.05) is 11.5 Å². The third-order valence-electron chi connectivity index (χ3n) is 4.22. The predicted octanol–water partition coefficient (Wildman–Crippen LogP) is 3.86. The summed E-state index contributed by atoms with van der Waals surface area (Å²) in [5.74, 6) is 0.487. The predicted molar refractivity (Wildman–Crippen MR) is 101 cm³/mol. The fraction of sp³-hybridized carbons (Fsp3) is 0.150. The van der Waals surface area contributed by atoms with Crippen LogP contribution in [0.2, 0.25) is 0 Å². The number of fused-ring (bicyclic) bond motifs is 1. The molecule has 0 unspecified atom stereocenters. The Morgan fingerprint density at radius 2 is 2.15 bits per heavy atom. The number of carbonyl (C=O) groups is 2. The minimum absolute atomic E-state index is 0.00140. The molecule has 0 saturated heterocycles. The molecule has 0 saturated carbocycles. The van der Waals surface area contributed by atoms with E-state index >= 15 is 0 Å². The molecule has 3 aromatic rings. The van der Waals surface area contributed by atoms with Gasteiger partial charge in [0.25, 0.3) is 5.91 Å². The molecule has 0 bridgehead atoms. The third-order valence-corrected chi connectivity index (χ3v) is 5.04. The van der Waals surface area contributed by atoms with Crippen molar-refractivity contribution in [1.29, 1.82) is 0 Å². The van der Waals surface area contributed by atoms with Crippen LogP contribution < -0.4 is 9.64 Å². The van der Waals surface area contributed by atoms with Crippen LogP contribution in [0, 0.1) is 6.92 Å². The van der Waals surface area contributed by atoms with E-state index in [4.69, 9.17) is 4.74 Å².